The van der Waals surface area contributed by atoms with Gasteiger partial charge in [-0.2, -0.15) is 0 Å². The molecule has 3 rings (SSSR count). The number of carboxylic acids is 1. The van der Waals surface area contributed by atoms with Crippen molar-refractivity contribution in [3.8, 4) is 5.75 Å². The minimum absolute atomic E-state index is 0.0937. The van der Waals surface area contributed by atoms with Crippen LogP contribution in [-0.4, -0.2) is 46.5 Å². The molecule has 1 heterocycles. The van der Waals surface area contributed by atoms with Crippen LogP contribution in [0.3, 0.4) is 0 Å². The number of aromatic nitrogens is 1. The zero-order valence-corrected chi connectivity index (χ0v) is 14.3. The molecule has 6 nitrogen and oxygen atoms in total. The molecule has 0 aliphatic rings. The maximum atomic E-state index is 11.6. The summed E-state index contributed by atoms with van der Waals surface area (Å²) in [6.07, 6.45) is 1.35. The number of carboxylic acid groups (broad SMARTS) is 1. The van der Waals surface area contributed by atoms with Gasteiger partial charge < -0.3 is 25.3 Å². The zero-order chi connectivity index (χ0) is 18.4. The fourth-order valence-corrected chi connectivity index (χ4v) is 2.81. The van der Waals surface area contributed by atoms with E-state index in [1.807, 2.05) is 48.7 Å². The summed E-state index contributed by atoms with van der Waals surface area (Å²) in [5.74, 6) is -0.286. The molecular formula is C20H22N2O4. The molecule has 4 N–H and O–H groups in total. The summed E-state index contributed by atoms with van der Waals surface area (Å²) in [6, 6.07) is 16.2. The van der Waals surface area contributed by atoms with Gasteiger partial charge in [0.2, 0.25) is 0 Å². The number of nitrogens with one attached hydrogen (secondary N) is 2. The molecular weight excluding hydrogens is 332 g/mol. The fraction of sp³-hybridized carbons (Fsp3) is 0.250. The van der Waals surface area contributed by atoms with Gasteiger partial charge in [-0.05, 0) is 23.8 Å². The SMILES string of the molecule is O=C(O)[C@H](Cc1c[nH]c2ccccc12)NC[C@H](O)COc1ccccc1. The lowest BCUT2D eigenvalue weighted by atomic mass is 10.0. The molecule has 0 amide bonds. The molecule has 136 valence electrons. The van der Waals surface area contributed by atoms with Crippen LogP contribution < -0.4 is 10.1 Å². The highest BCUT2D eigenvalue weighted by Gasteiger charge is 2.20. The van der Waals surface area contributed by atoms with Crippen LogP contribution in [0.2, 0.25) is 0 Å². The number of fused-ring (bicyclic) bond motifs is 1. The second-order valence-corrected chi connectivity index (χ2v) is 6.14. The Bertz CT molecular complexity index is 847. The molecule has 0 fully saturated rings. The van der Waals surface area contributed by atoms with Gasteiger partial charge in [0, 0.05) is 30.1 Å². The van der Waals surface area contributed by atoms with Gasteiger partial charge in [-0.25, -0.2) is 0 Å². The van der Waals surface area contributed by atoms with Crippen LogP contribution in [0, 0.1) is 0 Å². The van der Waals surface area contributed by atoms with E-state index in [2.05, 4.69) is 10.3 Å². The van der Waals surface area contributed by atoms with Gasteiger partial charge in [-0.3, -0.25) is 4.79 Å². The zero-order valence-electron chi connectivity index (χ0n) is 14.3. The molecule has 1 aromatic heterocycles. The van der Waals surface area contributed by atoms with Crippen LogP contribution in [0.1, 0.15) is 5.56 Å². The molecule has 0 bridgehead atoms. The smallest absolute Gasteiger partial charge is 0.321 e. The first-order chi connectivity index (χ1) is 12.6. The molecule has 0 aliphatic carbocycles. The Morgan fingerprint density at radius 2 is 1.85 bits per heavy atom. The standard InChI is InChI=1S/C20H22N2O4/c23-15(13-26-16-6-2-1-3-7-16)12-22-19(20(24)25)10-14-11-21-18-9-5-4-8-17(14)18/h1-9,11,15,19,21-23H,10,12-13H2,(H,24,25)/t15-,19-/m0/s1. The van der Waals surface area contributed by atoms with Crippen molar-refractivity contribution in [2.24, 2.45) is 0 Å². The average molecular weight is 354 g/mol. The Labute approximate surface area is 151 Å². The van der Waals surface area contributed by atoms with E-state index in [1.165, 1.54) is 0 Å². The Morgan fingerprint density at radius 3 is 2.62 bits per heavy atom. The number of aliphatic hydroxyl groups is 1. The monoisotopic (exact) mass is 354 g/mol. The maximum Gasteiger partial charge on any atom is 0.321 e. The first kappa shape index (κ1) is 18.0. The first-order valence-corrected chi connectivity index (χ1v) is 8.50. The highest BCUT2D eigenvalue weighted by molar-refractivity contribution is 5.84. The lowest BCUT2D eigenvalue weighted by Gasteiger charge is -2.18. The van der Waals surface area contributed by atoms with Crippen molar-refractivity contribution in [1.82, 2.24) is 10.3 Å². The van der Waals surface area contributed by atoms with E-state index in [0.29, 0.717) is 12.2 Å². The van der Waals surface area contributed by atoms with E-state index in [0.717, 1.165) is 16.5 Å². The third-order valence-corrected chi connectivity index (χ3v) is 4.18. The van der Waals surface area contributed by atoms with Crippen molar-refractivity contribution in [1.29, 1.82) is 0 Å². The number of carbonyl (C=O) groups is 1. The summed E-state index contributed by atoms with van der Waals surface area (Å²) < 4.78 is 5.48. The van der Waals surface area contributed by atoms with Crippen molar-refractivity contribution >= 4 is 16.9 Å². The largest absolute Gasteiger partial charge is 0.491 e. The molecule has 0 radical (unpaired) electrons. The van der Waals surface area contributed by atoms with Crippen molar-refractivity contribution < 1.29 is 19.7 Å². The van der Waals surface area contributed by atoms with Gasteiger partial charge in [-0.1, -0.05) is 36.4 Å². The number of hydrogen-bond acceptors (Lipinski definition) is 4. The van der Waals surface area contributed by atoms with Crippen LogP contribution in [-0.2, 0) is 11.2 Å². The van der Waals surface area contributed by atoms with E-state index >= 15 is 0 Å². The molecule has 6 heteroatoms. The van der Waals surface area contributed by atoms with Gasteiger partial charge >= 0.3 is 5.97 Å². The number of ether oxygens (including phenoxy) is 1. The number of aliphatic carboxylic acids is 1. The molecule has 0 saturated carbocycles. The van der Waals surface area contributed by atoms with E-state index in [4.69, 9.17) is 4.74 Å². The summed E-state index contributed by atoms with van der Waals surface area (Å²) in [7, 11) is 0. The second-order valence-electron chi connectivity index (χ2n) is 6.14. The topological polar surface area (TPSA) is 94.6 Å². The number of benzene rings is 2. The summed E-state index contributed by atoms with van der Waals surface area (Å²) in [4.78, 5) is 14.7. The molecule has 0 spiro atoms. The van der Waals surface area contributed by atoms with E-state index in [1.54, 1.807) is 12.1 Å². The average Bonchev–Trinajstić information content (AvgIpc) is 3.07. The predicted octanol–water partition coefficient (Wildman–Crippen LogP) is 2.19. The summed E-state index contributed by atoms with van der Waals surface area (Å²) in [5, 5.41) is 23.5. The van der Waals surface area contributed by atoms with Crippen LogP contribution in [0.25, 0.3) is 10.9 Å². The quantitative estimate of drug-likeness (QED) is 0.473. The summed E-state index contributed by atoms with van der Waals surface area (Å²) in [6.45, 7) is 0.225. The third-order valence-electron chi connectivity index (χ3n) is 4.18. The van der Waals surface area contributed by atoms with Gasteiger partial charge in [-0.15, -0.1) is 0 Å². The molecule has 3 aromatic rings. The highest BCUT2D eigenvalue weighted by atomic mass is 16.5. The molecule has 26 heavy (non-hydrogen) atoms. The molecule has 0 unspecified atom stereocenters. The van der Waals surface area contributed by atoms with Crippen LogP contribution in [0.15, 0.2) is 60.8 Å². The van der Waals surface area contributed by atoms with Crippen molar-refractivity contribution in [3.63, 3.8) is 0 Å². The van der Waals surface area contributed by atoms with Gasteiger partial charge in [0.1, 0.15) is 24.5 Å². The Hall–Kier alpha value is -2.83. The number of aromatic amines is 1. The van der Waals surface area contributed by atoms with Crippen LogP contribution in [0.5, 0.6) is 5.75 Å². The van der Waals surface area contributed by atoms with E-state index in [-0.39, 0.29) is 13.2 Å². The number of para-hydroxylation sites is 2. The van der Waals surface area contributed by atoms with E-state index in [9.17, 15) is 15.0 Å². The number of aliphatic hydroxyl groups excluding tert-OH is 1. The highest BCUT2D eigenvalue weighted by Crippen LogP contribution is 2.19. The number of H-pyrrole nitrogens is 1. The minimum Gasteiger partial charge on any atom is -0.491 e. The summed E-state index contributed by atoms with van der Waals surface area (Å²) >= 11 is 0. The lowest BCUT2D eigenvalue weighted by molar-refractivity contribution is -0.139. The fourth-order valence-electron chi connectivity index (χ4n) is 2.81. The molecule has 2 aromatic carbocycles. The van der Waals surface area contributed by atoms with Gasteiger partial charge in [0.15, 0.2) is 0 Å². The first-order valence-electron chi connectivity index (χ1n) is 8.50. The second kappa shape index (κ2) is 8.51. The minimum atomic E-state index is -0.952. The Morgan fingerprint density at radius 1 is 1.12 bits per heavy atom. The van der Waals surface area contributed by atoms with Crippen LogP contribution in [0.4, 0.5) is 0 Å². The lowest BCUT2D eigenvalue weighted by Crippen LogP contribution is -2.43. The summed E-state index contributed by atoms with van der Waals surface area (Å²) in [5.41, 5.74) is 1.90. The van der Waals surface area contributed by atoms with E-state index < -0.39 is 18.1 Å². The van der Waals surface area contributed by atoms with Crippen molar-refractivity contribution in [2.75, 3.05) is 13.2 Å². The Kier molecular flexibility index (Phi) is 5.88. The molecule has 0 aliphatic heterocycles. The van der Waals surface area contributed by atoms with Crippen molar-refractivity contribution in [3.05, 3.63) is 66.4 Å². The predicted molar refractivity (Wildman–Crippen MR) is 99.4 cm³/mol. The third kappa shape index (κ3) is 4.62. The van der Waals surface area contributed by atoms with Gasteiger partial charge in [0.05, 0.1) is 0 Å². The normalized spacial score (nSPS) is 13.4. The van der Waals surface area contributed by atoms with Crippen LogP contribution >= 0.6 is 0 Å². The number of hydrogen-bond donors (Lipinski definition) is 4. The Balaban J connectivity index is 1.54. The molecule has 2 atom stereocenters. The number of rotatable bonds is 9. The molecule has 0 saturated heterocycles. The van der Waals surface area contributed by atoms with Gasteiger partial charge in [0.25, 0.3) is 0 Å². The maximum absolute atomic E-state index is 11.6. The van der Waals surface area contributed by atoms with Crippen molar-refractivity contribution in [2.45, 2.75) is 18.6 Å².